The van der Waals surface area contributed by atoms with Gasteiger partial charge < -0.3 is 21.1 Å². The molecule has 3 heterocycles. The largest absolute Gasteiger partial charge is 0.424 e. The quantitative estimate of drug-likeness (QED) is 0.233. The van der Waals surface area contributed by atoms with Crippen LogP contribution in [0, 0.1) is 5.82 Å². The van der Waals surface area contributed by atoms with E-state index in [1.54, 1.807) is 42.7 Å². The maximum absolute atomic E-state index is 13.9. The molecule has 4 N–H and O–H groups in total. The van der Waals surface area contributed by atoms with Crippen LogP contribution < -0.4 is 21.1 Å². The zero-order valence-electron chi connectivity index (χ0n) is 19.6. The maximum atomic E-state index is 13.9. The van der Waals surface area contributed by atoms with Crippen LogP contribution in [-0.2, 0) is 0 Å². The molecular formula is C27H19ClFN7O2. The number of nitrogens with two attached hydrogens (primary N) is 1. The van der Waals surface area contributed by atoms with Gasteiger partial charge in [-0.2, -0.15) is 0 Å². The molecule has 0 saturated carbocycles. The van der Waals surface area contributed by atoms with Gasteiger partial charge in [0.25, 0.3) is 0 Å². The predicted octanol–water partition coefficient (Wildman–Crippen LogP) is 6.41. The number of carbonyl (C=O) groups excluding carboxylic acids is 1. The molecule has 3 aromatic heterocycles. The molecule has 0 atom stereocenters. The van der Waals surface area contributed by atoms with Crippen LogP contribution in [0.5, 0.6) is 11.8 Å². The molecule has 5 rings (SSSR count). The fourth-order valence-corrected chi connectivity index (χ4v) is 3.76. The molecule has 9 nitrogen and oxygen atoms in total. The first kappa shape index (κ1) is 24.6. The number of hydrogen-bond donors (Lipinski definition) is 3. The van der Waals surface area contributed by atoms with Crippen molar-refractivity contribution in [3.63, 3.8) is 0 Å². The van der Waals surface area contributed by atoms with Crippen LogP contribution in [0.3, 0.4) is 0 Å². The summed E-state index contributed by atoms with van der Waals surface area (Å²) in [6.45, 7) is 0. The summed E-state index contributed by atoms with van der Waals surface area (Å²) >= 11 is 6.02. The van der Waals surface area contributed by atoms with Gasteiger partial charge in [-0.1, -0.05) is 29.8 Å². The number of pyridine rings is 2. The van der Waals surface area contributed by atoms with E-state index in [1.165, 1.54) is 30.7 Å². The first-order chi connectivity index (χ1) is 18.4. The molecule has 0 aliphatic carbocycles. The number of halogens is 2. The van der Waals surface area contributed by atoms with Gasteiger partial charge >= 0.3 is 12.0 Å². The number of anilines is 3. The van der Waals surface area contributed by atoms with E-state index in [2.05, 4.69) is 30.6 Å². The lowest BCUT2D eigenvalue weighted by Crippen LogP contribution is -2.20. The molecule has 0 aliphatic heterocycles. The zero-order valence-corrected chi connectivity index (χ0v) is 20.4. The summed E-state index contributed by atoms with van der Waals surface area (Å²) in [5, 5.41) is 5.75. The molecule has 5 aromatic rings. The third kappa shape index (κ3) is 5.82. The minimum Gasteiger partial charge on any atom is -0.424 e. The topological polar surface area (TPSA) is 128 Å². The Balaban J connectivity index is 1.23. The number of benzene rings is 2. The molecule has 0 aliphatic rings. The maximum Gasteiger partial charge on any atom is 0.323 e. The Morgan fingerprint density at radius 3 is 2.39 bits per heavy atom. The number of hydrogen-bond acceptors (Lipinski definition) is 7. The van der Waals surface area contributed by atoms with Gasteiger partial charge in [0.1, 0.15) is 17.4 Å². The highest BCUT2D eigenvalue weighted by Crippen LogP contribution is 2.30. The van der Waals surface area contributed by atoms with E-state index in [0.717, 1.165) is 11.1 Å². The Hall–Kier alpha value is -5.09. The van der Waals surface area contributed by atoms with Crippen LogP contribution in [0.25, 0.3) is 22.3 Å². The SMILES string of the molecule is Nc1ncc(Cl)cc1-c1ccc(Oc2ncc(NC(=O)Nc3cc(F)ccc3-c3cccnc3)cn2)cc1. The van der Waals surface area contributed by atoms with Gasteiger partial charge in [0.05, 0.1) is 28.8 Å². The van der Waals surface area contributed by atoms with E-state index in [4.69, 9.17) is 22.1 Å². The van der Waals surface area contributed by atoms with Gasteiger partial charge in [-0.3, -0.25) is 4.98 Å². The van der Waals surface area contributed by atoms with Gasteiger partial charge in [-0.15, -0.1) is 0 Å². The van der Waals surface area contributed by atoms with Crippen molar-refractivity contribution in [3.05, 3.63) is 102 Å². The number of nitrogens with one attached hydrogen (secondary N) is 2. The summed E-state index contributed by atoms with van der Waals surface area (Å²) in [5.74, 6) is 0.373. The van der Waals surface area contributed by atoms with Crippen molar-refractivity contribution < 1.29 is 13.9 Å². The number of aromatic nitrogens is 4. The summed E-state index contributed by atoms with van der Waals surface area (Å²) in [4.78, 5) is 29.0. The standard InChI is InChI=1S/C27H19ClFN7O2/c28-18-10-23(25(30)32-13-18)16-3-6-21(7-4-16)38-27-33-14-20(15-34-27)35-26(37)36-24-11-19(29)5-8-22(24)17-2-1-9-31-12-17/h1-15H,(H2,30,32)(H2,35,36,37). The van der Waals surface area contributed by atoms with Gasteiger partial charge in [-0.25, -0.2) is 24.1 Å². The highest BCUT2D eigenvalue weighted by atomic mass is 35.5. The average molecular weight is 528 g/mol. The van der Waals surface area contributed by atoms with E-state index < -0.39 is 11.8 Å². The second-order valence-electron chi connectivity index (χ2n) is 7.98. The fraction of sp³-hybridized carbons (Fsp3) is 0. The minimum atomic E-state index is -0.594. The number of rotatable bonds is 6. The number of urea groups is 1. The van der Waals surface area contributed by atoms with Crippen molar-refractivity contribution in [2.24, 2.45) is 0 Å². The minimum absolute atomic E-state index is 0.0802. The van der Waals surface area contributed by atoms with E-state index in [-0.39, 0.29) is 11.7 Å². The number of amides is 2. The molecule has 0 saturated heterocycles. The molecule has 2 aromatic carbocycles. The third-order valence-corrected chi connectivity index (χ3v) is 5.55. The second kappa shape index (κ2) is 10.9. The summed E-state index contributed by atoms with van der Waals surface area (Å²) in [6.07, 6.45) is 7.52. The molecule has 11 heteroatoms. The molecule has 0 bridgehead atoms. The molecule has 0 fully saturated rings. The highest BCUT2D eigenvalue weighted by Gasteiger charge is 2.12. The summed E-state index contributed by atoms with van der Waals surface area (Å²) in [7, 11) is 0. The van der Waals surface area contributed by atoms with Crippen LogP contribution in [0.4, 0.5) is 26.4 Å². The van der Waals surface area contributed by atoms with E-state index in [0.29, 0.717) is 33.4 Å². The number of nitrogen functional groups attached to an aromatic ring is 1. The predicted molar refractivity (Wildman–Crippen MR) is 143 cm³/mol. The Labute approximate surface area is 221 Å². The Morgan fingerprint density at radius 1 is 0.868 bits per heavy atom. The number of ether oxygens (including phenoxy) is 1. The van der Waals surface area contributed by atoms with Crippen molar-refractivity contribution in [1.29, 1.82) is 0 Å². The molecule has 0 radical (unpaired) electrons. The molecule has 0 spiro atoms. The normalized spacial score (nSPS) is 10.6. The first-order valence-electron chi connectivity index (χ1n) is 11.2. The fourth-order valence-electron chi connectivity index (χ4n) is 3.60. The van der Waals surface area contributed by atoms with Crippen LogP contribution >= 0.6 is 11.6 Å². The molecule has 188 valence electrons. The average Bonchev–Trinajstić information content (AvgIpc) is 2.92. The van der Waals surface area contributed by atoms with E-state index >= 15 is 0 Å². The van der Waals surface area contributed by atoms with E-state index in [1.807, 2.05) is 18.2 Å². The Morgan fingerprint density at radius 2 is 1.66 bits per heavy atom. The van der Waals surface area contributed by atoms with Gasteiger partial charge in [0.15, 0.2) is 0 Å². The number of nitrogens with zero attached hydrogens (tertiary/aromatic N) is 4. The second-order valence-corrected chi connectivity index (χ2v) is 8.41. The summed E-state index contributed by atoms with van der Waals surface area (Å²) < 4.78 is 19.6. The van der Waals surface area contributed by atoms with Crippen molar-refractivity contribution >= 4 is 34.8 Å². The monoisotopic (exact) mass is 527 g/mol. The van der Waals surface area contributed by atoms with Crippen molar-refractivity contribution in [2.45, 2.75) is 0 Å². The van der Waals surface area contributed by atoms with Crippen LogP contribution in [0.15, 0.2) is 91.6 Å². The van der Waals surface area contributed by atoms with Crippen LogP contribution in [0.1, 0.15) is 0 Å². The Bertz CT molecular complexity index is 1580. The number of carbonyl (C=O) groups is 1. The van der Waals surface area contributed by atoms with Crippen LogP contribution in [-0.4, -0.2) is 26.0 Å². The smallest absolute Gasteiger partial charge is 0.323 e. The van der Waals surface area contributed by atoms with Crippen molar-refractivity contribution in [2.75, 3.05) is 16.4 Å². The molecular weight excluding hydrogens is 509 g/mol. The lowest BCUT2D eigenvalue weighted by molar-refractivity contribution is 0.262. The van der Waals surface area contributed by atoms with Crippen LogP contribution in [0.2, 0.25) is 5.02 Å². The molecule has 2 amide bonds. The highest BCUT2D eigenvalue weighted by molar-refractivity contribution is 6.30. The first-order valence-corrected chi connectivity index (χ1v) is 11.6. The van der Waals surface area contributed by atoms with Crippen molar-refractivity contribution in [3.8, 4) is 34.0 Å². The van der Waals surface area contributed by atoms with Gasteiger partial charge in [0, 0.05) is 35.3 Å². The molecule has 0 unspecified atom stereocenters. The lowest BCUT2D eigenvalue weighted by atomic mass is 10.1. The van der Waals surface area contributed by atoms with E-state index in [9.17, 15) is 9.18 Å². The van der Waals surface area contributed by atoms with Gasteiger partial charge in [0.2, 0.25) is 0 Å². The summed E-state index contributed by atoms with van der Waals surface area (Å²) in [5.41, 5.74) is 9.42. The Kier molecular flexibility index (Phi) is 7.05. The van der Waals surface area contributed by atoms with Crippen molar-refractivity contribution in [1.82, 2.24) is 19.9 Å². The third-order valence-electron chi connectivity index (χ3n) is 5.35. The lowest BCUT2D eigenvalue weighted by Gasteiger charge is -2.12. The molecule has 38 heavy (non-hydrogen) atoms. The van der Waals surface area contributed by atoms with Gasteiger partial charge in [-0.05, 0) is 48.0 Å². The summed E-state index contributed by atoms with van der Waals surface area (Å²) in [6, 6.07) is 16.0. The zero-order chi connectivity index (χ0) is 26.5.